The van der Waals surface area contributed by atoms with Gasteiger partial charge in [0.1, 0.15) is 0 Å². The van der Waals surface area contributed by atoms with E-state index in [1.807, 2.05) is 6.07 Å². The summed E-state index contributed by atoms with van der Waals surface area (Å²) in [6, 6.07) is 5.98. The molecule has 0 aromatic carbocycles. The maximum Gasteiger partial charge on any atom is 0.215 e. The van der Waals surface area contributed by atoms with Crippen molar-refractivity contribution in [3.63, 3.8) is 0 Å². The largest absolute Gasteiger partial charge is 0.313 e. The number of rotatable bonds is 7. The second-order valence-electron chi connectivity index (χ2n) is 4.68. The molecule has 5 nitrogen and oxygen atoms in total. The first-order valence-electron chi connectivity index (χ1n) is 6.20. The van der Waals surface area contributed by atoms with Crippen molar-refractivity contribution in [1.29, 1.82) is 0 Å². The van der Waals surface area contributed by atoms with Gasteiger partial charge in [0, 0.05) is 18.8 Å². The Kier molecular flexibility index (Phi) is 4.31. The molecule has 1 atom stereocenters. The molecule has 1 aliphatic carbocycles. The molecule has 0 saturated heterocycles. The van der Waals surface area contributed by atoms with Crippen molar-refractivity contribution in [3.8, 4) is 0 Å². The minimum Gasteiger partial charge on any atom is -0.313 e. The second-order valence-corrected chi connectivity index (χ2v) is 6.86. The maximum atomic E-state index is 12.0. The Morgan fingerprint density at radius 3 is 2.83 bits per heavy atom. The van der Waals surface area contributed by atoms with Crippen molar-refractivity contribution >= 4 is 10.0 Å². The van der Waals surface area contributed by atoms with Crippen LogP contribution in [0.4, 0.5) is 0 Å². The summed E-state index contributed by atoms with van der Waals surface area (Å²) in [6.07, 6.45) is 3.98. The molecule has 0 amide bonds. The molecule has 2 N–H and O–H groups in total. The van der Waals surface area contributed by atoms with Gasteiger partial charge in [-0.15, -0.1) is 0 Å². The van der Waals surface area contributed by atoms with Gasteiger partial charge in [0.05, 0.1) is 17.5 Å². The van der Waals surface area contributed by atoms with E-state index in [0.29, 0.717) is 12.6 Å². The van der Waals surface area contributed by atoms with Crippen LogP contribution in [0.15, 0.2) is 24.4 Å². The van der Waals surface area contributed by atoms with Crippen LogP contribution in [0.2, 0.25) is 0 Å². The molecule has 6 heteroatoms. The Bertz CT molecular complexity index is 471. The Balaban J connectivity index is 1.82. The molecule has 1 aliphatic rings. The summed E-state index contributed by atoms with van der Waals surface area (Å²) in [5.74, 6) is 0. The van der Waals surface area contributed by atoms with Crippen molar-refractivity contribution < 1.29 is 8.42 Å². The van der Waals surface area contributed by atoms with Gasteiger partial charge in [-0.2, -0.15) is 0 Å². The van der Waals surface area contributed by atoms with Crippen molar-refractivity contribution in [2.45, 2.75) is 37.6 Å². The molecule has 0 spiro atoms. The number of sulfonamides is 1. The number of nitrogens with one attached hydrogen (secondary N) is 2. The van der Waals surface area contributed by atoms with Gasteiger partial charge in [0.2, 0.25) is 10.0 Å². The predicted molar refractivity (Wildman–Crippen MR) is 70.5 cm³/mol. The molecular formula is C12H19N3O2S. The molecule has 1 aromatic rings. The molecule has 0 aliphatic heterocycles. The van der Waals surface area contributed by atoms with Crippen molar-refractivity contribution in [3.05, 3.63) is 30.1 Å². The van der Waals surface area contributed by atoms with E-state index in [9.17, 15) is 8.42 Å². The summed E-state index contributed by atoms with van der Waals surface area (Å²) in [5.41, 5.74) is 0.725. The van der Waals surface area contributed by atoms with Gasteiger partial charge in [-0.3, -0.25) is 4.98 Å². The van der Waals surface area contributed by atoms with Gasteiger partial charge < -0.3 is 5.32 Å². The van der Waals surface area contributed by atoms with Crippen LogP contribution in [-0.4, -0.2) is 31.2 Å². The number of pyridine rings is 1. The summed E-state index contributed by atoms with van der Waals surface area (Å²) in [7, 11) is -3.28. The topological polar surface area (TPSA) is 71.1 Å². The zero-order valence-electron chi connectivity index (χ0n) is 10.5. The minimum atomic E-state index is -3.28. The van der Waals surface area contributed by atoms with E-state index >= 15 is 0 Å². The van der Waals surface area contributed by atoms with Crippen LogP contribution in [0.1, 0.15) is 25.5 Å². The predicted octanol–water partition coefficient (Wildman–Crippen LogP) is 0.641. The van der Waals surface area contributed by atoms with Crippen LogP contribution < -0.4 is 10.0 Å². The smallest absolute Gasteiger partial charge is 0.215 e. The van der Waals surface area contributed by atoms with Gasteiger partial charge in [0.25, 0.3) is 0 Å². The molecular weight excluding hydrogens is 250 g/mol. The normalized spacial score (nSPS) is 17.6. The van der Waals surface area contributed by atoms with Crippen LogP contribution in [0, 0.1) is 0 Å². The molecule has 2 rings (SSSR count). The molecule has 1 saturated carbocycles. The molecule has 1 heterocycles. The molecule has 0 bridgehead atoms. The highest BCUT2D eigenvalue weighted by molar-refractivity contribution is 7.90. The van der Waals surface area contributed by atoms with Crippen LogP contribution in [-0.2, 0) is 16.6 Å². The van der Waals surface area contributed by atoms with Gasteiger partial charge in [-0.25, -0.2) is 13.1 Å². The lowest BCUT2D eigenvalue weighted by Gasteiger charge is -2.14. The van der Waals surface area contributed by atoms with Crippen molar-refractivity contribution in [2.24, 2.45) is 0 Å². The Labute approximate surface area is 108 Å². The molecule has 1 fully saturated rings. The SMILES string of the molecule is CC(CNC1CC1)S(=O)(=O)NCc1ccccn1. The van der Waals surface area contributed by atoms with Crippen molar-refractivity contribution in [1.82, 2.24) is 15.0 Å². The first kappa shape index (κ1) is 13.5. The average Bonchev–Trinajstić information content (AvgIpc) is 3.19. The van der Waals surface area contributed by atoms with Gasteiger partial charge in [0.15, 0.2) is 0 Å². The lowest BCUT2D eigenvalue weighted by Crippen LogP contribution is -2.39. The number of hydrogen-bond acceptors (Lipinski definition) is 4. The summed E-state index contributed by atoms with van der Waals surface area (Å²) in [5, 5.41) is 2.80. The molecule has 100 valence electrons. The Morgan fingerprint density at radius 2 is 2.22 bits per heavy atom. The summed E-state index contributed by atoms with van der Waals surface area (Å²) >= 11 is 0. The van der Waals surface area contributed by atoms with E-state index in [1.54, 1.807) is 25.3 Å². The van der Waals surface area contributed by atoms with Crippen LogP contribution in [0.3, 0.4) is 0 Å². The minimum absolute atomic E-state index is 0.247. The lowest BCUT2D eigenvalue weighted by molar-refractivity contribution is 0.556. The monoisotopic (exact) mass is 269 g/mol. The van der Waals surface area contributed by atoms with Crippen LogP contribution >= 0.6 is 0 Å². The maximum absolute atomic E-state index is 12.0. The van der Waals surface area contributed by atoms with E-state index in [-0.39, 0.29) is 6.54 Å². The fraction of sp³-hybridized carbons (Fsp3) is 0.583. The zero-order chi connectivity index (χ0) is 13.0. The zero-order valence-corrected chi connectivity index (χ0v) is 11.3. The quantitative estimate of drug-likeness (QED) is 0.762. The van der Waals surface area contributed by atoms with E-state index in [1.165, 1.54) is 0 Å². The first-order chi connectivity index (χ1) is 8.58. The lowest BCUT2D eigenvalue weighted by atomic mass is 10.4. The van der Waals surface area contributed by atoms with E-state index in [2.05, 4.69) is 15.0 Å². The van der Waals surface area contributed by atoms with Crippen LogP contribution in [0.25, 0.3) is 0 Å². The van der Waals surface area contributed by atoms with Gasteiger partial charge in [-0.1, -0.05) is 6.07 Å². The summed E-state index contributed by atoms with van der Waals surface area (Å²) in [4.78, 5) is 4.08. The van der Waals surface area contributed by atoms with Crippen LogP contribution in [0.5, 0.6) is 0 Å². The standard InChI is InChI=1S/C12H19N3O2S/c1-10(8-14-11-5-6-11)18(16,17)15-9-12-4-2-3-7-13-12/h2-4,7,10-11,14-15H,5-6,8-9H2,1H3. The van der Waals surface area contributed by atoms with E-state index in [0.717, 1.165) is 18.5 Å². The van der Waals surface area contributed by atoms with E-state index in [4.69, 9.17) is 0 Å². The fourth-order valence-electron chi connectivity index (χ4n) is 1.55. The number of hydrogen-bond donors (Lipinski definition) is 2. The van der Waals surface area contributed by atoms with Gasteiger partial charge >= 0.3 is 0 Å². The Morgan fingerprint density at radius 1 is 1.44 bits per heavy atom. The molecule has 18 heavy (non-hydrogen) atoms. The number of nitrogens with zero attached hydrogens (tertiary/aromatic N) is 1. The van der Waals surface area contributed by atoms with Crippen molar-refractivity contribution in [2.75, 3.05) is 6.54 Å². The molecule has 1 unspecified atom stereocenters. The highest BCUT2D eigenvalue weighted by Gasteiger charge is 2.25. The first-order valence-corrected chi connectivity index (χ1v) is 7.74. The third-order valence-electron chi connectivity index (χ3n) is 2.98. The molecule has 1 aromatic heterocycles. The fourth-order valence-corrected chi connectivity index (χ4v) is 2.50. The molecule has 0 radical (unpaired) electrons. The summed E-state index contributed by atoms with van der Waals surface area (Å²) < 4.78 is 26.5. The number of aromatic nitrogens is 1. The second kappa shape index (κ2) is 5.77. The van der Waals surface area contributed by atoms with E-state index < -0.39 is 15.3 Å². The average molecular weight is 269 g/mol. The third kappa shape index (κ3) is 4.04. The third-order valence-corrected chi connectivity index (χ3v) is 4.75. The highest BCUT2D eigenvalue weighted by Crippen LogP contribution is 2.18. The van der Waals surface area contributed by atoms with Gasteiger partial charge in [-0.05, 0) is 31.9 Å². The Hall–Kier alpha value is -0.980. The summed E-state index contributed by atoms with van der Waals surface area (Å²) in [6.45, 7) is 2.47. The highest BCUT2D eigenvalue weighted by atomic mass is 32.2.